The van der Waals surface area contributed by atoms with E-state index in [2.05, 4.69) is 10.4 Å². The van der Waals surface area contributed by atoms with Crippen LogP contribution in [0.5, 0.6) is 11.5 Å². The average molecular weight is 473 g/mol. The molecule has 9 heteroatoms. The highest BCUT2D eigenvalue weighted by Gasteiger charge is 2.36. The summed E-state index contributed by atoms with van der Waals surface area (Å²) < 4.78 is 11.0. The van der Waals surface area contributed by atoms with Gasteiger partial charge in [0.1, 0.15) is 18.0 Å². The number of likely N-dealkylation sites (N-methyl/N-ethyl adjacent to an activating group) is 1. The van der Waals surface area contributed by atoms with Crippen molar-refractivity contribution in [1.29, 1.82) is 0 Å². The number of hydrogen-bond donors (Lipinski definition) is 1. The highest BCUT2D eigenvalue weighted by molar-refractivity contribution is 6.34. The molecule has 0 aromatic heterocycles. The van der Waals surface area contributed by atoms with E-state index in [1.165, 1.54) is 9.91 Å². The number of halogens is 1. The minimum absolute atomic E-state index is 0.0412. The van der Waals surface area contributed by atoms with Crippen LogP contribution in [0.1, 0.15) is 37.4 Å². The summed E-state index contributed by atoms with van der Waals surface area (Å²) in [5, 5.41) is 9.39. The van der Waals surface area contributed by atoms with E-state index < -0.39 is 6.04 Å². The molecule has 1 atom stereocenters. The number of urea groups is 1. The number of methoxy groups -OCH3 is 2. The second kappa shape index (κ2) is 10.6. The first-order chi connectivity index (χ1) is 15.7. The molecular weight excluding hydrogens is 444 g/mol. The highest BCUT2D eigenvalue weighted by atomic mass is 35.5. The lowest BCUT2D eigenvalue weighted by Gasteiger charge is -2.26. The van der Waals surface area contributed by atoms with Crippen molar-refractivity contribution in [2.75, 3.05) is 27.8 Å². The SMILES string of the molecule is COc1ccc(OC)c(C2CC(c3ccccc3Cl)=NN2C(=O)CN(C)C(=O)NC(C)C)c1. The topological polar surface area (TPSA) is 83.5 Å². The zero-order chi connectivity index (χ0) is 24.1. The van der Waals surface area contributed by atoms with Gasteiger partial charge in [-0.25, -0.2) is 9.80 Å². The zero-order valence-corrected chi connectivity index (χ0v) is 20.2. The lowest BCUT2D eigenvalue weighted by Crippen LogP contribution is -2.45. The molecule has 0 bridgehead atoms. The van der Waals surface area contributed by atoms with Gasteiger partial charge >= 0.3 is 6.03 Å². The summed E-state index contributed by atoms with van der Waals surface area (Å²) in [5.41, 5.74) is 2.19. The maximum absolute atomic E-state index is 13.3. The minimum Gasteiger partial charge on any atom is -0.497 e. The second-order valence-electron chi connectivity index (χ2n) is 8.05. The van der Waals surface area contributed by atoms with Gasteiger partial charge in [-0.1, -0.05) is 29.8 Å². The number of ether oxygens (including phenoxy) is 2. The van der Waals surface area contributed by atoms with E-state index in [0.717, 1.165) is 11.1 Å². The van der Waals surface area contributed by atoms with Crippen LogP contribution >= 0.6 is 11.6 Å². The van der Waals surface area contributed by atoms with E-state index in [9.17, 15) is 9.59 Å². The fourth-order valence-corrected chi connectivity index (χ4v) is 3.89. The summed E-state index contributed by atoms with van der Waals surface area (Å²) in [6, 6.07) is 12.0. The molecule has 1 heterocycles. The Balaban J connectivity index is 1.97. The molecule has 33 heavy (non-hydrogen) atoms. The van der Waals surface area contributed by atoms with Crippen molar-refractivity contribution in [3.63, 3.8) is 0 Å². The summed E-state index contributed by atoms with van der Waals surface area (Å²) in [7, 11) is 4.73. The van der Waals surface area contributed by atoms with Crippen molar-refractivity contribution in [2.45, 2.75) is 32.4 Å². The van der Waals surface area contributed by atoms with Gasteiger partial charge in [0.15, 0.2) is 0 Å². The van der Waals surface area contributed by atoms with Crippen molar-refractivity contribution in [1.82, 2.24) is 15.2 Å². The van der Waals surface area contributed by atoms with Crippen LogP contribution in [0.15, 0.2) is 47.6 Å². The maximum Gasteiger partial charge on any atom is 0.317 e. The molecular formula is C24H29ClN4O4. The smallest absolute Gasteiger partial charge is 0.317 e. The van der Waals surface area contributed by atoms with E-state index in [1.54, 1.807) is 39.5 Å². The van der Waals surface area contributed by atoms with Crippen LogP contribution in [0.2, 0.25) is 5.02 Å². The number of amides is 3. The van der Waals surface area contributed by atoms with Crippen molar-refractivity contribution < 1.29 is 19.1 Å². The van der Waals surface area contributed by atoms with Crippen molar-refractivity contribution in [3.05, 3.63) is 58.6 Å². The van der Waals surface area contributed by atoms with Gasteiger partial charge in [0.05, 0.1) is 26.0 Å². The van der Waals surface area contributed by atoms with E-state index in [-0.39, 0.29) is 24.5 Å². The van der Waals surface area contributed by atoms with Gasteiger partial charge in [0.25, 0.3) is 5.91 Å². The van der Waals surface area contributed by atoms with Crippen LogP contribution in [-0.4, -0.2) is 61.4 Å². The highest BCUT2D eigenvalue weighted by Crippen LogP contribution is 2.40. The molecule has 1 aliphatic heterocycles. The summed E-state index contributed by atoms with van der Waals surface area (Å²) in [5.74, 6) is 0.922. The first-order valence-corrected chi connectivity index (χ1v) is 11.0. The molecule has 1 N–H and O–H groups in total. The monoisotopic (exact) mass is 472 g/mol. The molecule has 0 aliphatic carbocycles. The molecule has 0 saturated heterocycles. The van der Waals surface area contributed by atoms with E-state index in [0.29, 0.717) is 28.7 Å². The van der Waals surface area contributed by atoms with E-state index >= 15 is 0 Å². The quantitative estimate of drug-likeness (QED) is 0.658. The summed E-state index contributed by atoms with van der Waals surface area (Å²) in [4.78, 5) is 27.0. The molecule has 2 aromatic carbocycles. The van der Waals surface area contributed by atoms with Crippen LogP contribution in [0.3, 0.4) is 0 Å². The predicted molar refractivity (Wildman–Crippen MR) is 128 cm³/mol. The summed E-state index contributed by atoms with van der Waals surface area (Å²) >= 11 is 6.42. The predicted octanol–water partition coefficient (Wildman–Crippen LogP) is 4.08. The Hall–Kier alpha value is -3.26. The standard InChI is InChI=1S/C24H29ClN4O4/c1-15(2)26-24(31)28(3)14-23(30)29-21(18-12-16(32-4)10-11-22(18)33-5)13-20(27-29)17-8-6-7-9-19(17)25/h6-12,15,21H,13-14H2,1-5H3,(H,26,31). The minimum atomic E-state index is -0.449. The van der Waals surface area contributed by atoms with Crippen molar-refractivity contribution in [3.8, 4) is 11.5 Å². The van der Waals surface area contributed by atoms with Gasteiger partial charge in [0, 0.05) is 35.7 Å². The Morgan fingerprint density at radius 2 is 1.94 bits per heavy atom. The molecule has 8 nitrogen and oxygen atoms in total. The van der Waals surface area contributed by atoms with Gasteiger partial charge in [0.2, 0.25) is 0 Å². The Morgan fingerprint density at radius 3 is 2.58 bits per heavy atom. The molecule has 176 valence electrons. The van der Waals surface area contributed by atoms with Gasteiger partial charge in [-0.3, -0.25) is 4.79 Å². The Morgan fingerprint density at radius 1 is 1.21 bits per heavy atom. The van der Waals surface area contributed by atoms with Gasteiger partial charge in [-0.05, 0) is 38.1 Å². The number of rotatable bonds is 7. The molecule has 3 rings (SSSR count). The fraction of sp³-hybridized carbons (Fsp3) is 0.375. The van der Waals surface area contributed by atoms with Crippen LogP contribution in [-0.2, 0) is 4.79 Å². The van der Waals surface area contributed by atoms with Crippen LogP contribution in [0.25, 0.3) is 0 Å². The van der Waals surface area contributed by atoms with Crippen molar-refractivity contribution >= 4 is 29.3 Å². The average Bonchev–Trinajstić information content (AvgIpc) is 3.23. The largest absolute Gasteiger partial charge is 0.497 e. The molecule has 2 aromatic rings. The van der Waals surface area contributed by atoms with Gasteiger partial charge < -0.3 is 19.7 Å². The van der Waals surface area contributed by atoms with Gasteiger partial charge in [-0.15, -0.1) is 0 Å². The van der Waals surface area contributed by atoms with Crippen molar-refractivity contribution in [2.24, 2.45) is 5.10 Å². The van der Waals surface area contributed by atoms with Crippen LogP contribution in [0, 0.1) is 0 Å². The van der Waals surface area contributed by atoms with Gasteiger partial charge in [-0.2, -0.15) is 5.10 Å². The van der Waals surface area contributed by atoms with Crippen LogP contribution in [0.4, 0.5) is 4.79 Å². The fourth-order valence-electron chi connectivity index (χ4n) is 3.64. The molecule has 0 saturated carbocycles. The first-order valence-electron chi connectivity index (χ1n) is 10.6. The number of carbonyl (C=O) groups excluding carboxylic acids is 2. The number of nitrogens with zero attached hydrogens (tertiary/aromatic N) is 3. The molecule has 0 radical (unpaired) electrons. The lowest BCUT2D eigenvalue weighted by atomic mass is 9.97. The molecule has 1 aliphatic rings. The first kappa shape index (κ1) is 24.4. The number of nitrogens with one attached hydrogen (secondary N) is 1. The summed E-state index contributed by atoms with van der Waals surface area (Å²) in [6.07, 6.45) is 0.431. The van der Waals surface area contributed by atoms with E-state index in [4.69, 9.17) is 21.1 Å². The third kappa shape index (κ3) is 5.57. The third-order valence-corrected chi connectivity index (χ3v) is 5.61. The number of hydrogen-bond acceptors (Lipinski definition) is 5. The Labute approximate surface area is 199 Å². The maximum atomic E-state index is 13.3. The van der Waals surface area contributed by atoms with E-state index in [1.807, 2.05) is 38.1 Å². The number of carbonyl (C=O) groups is 2. The Kier molecular flexibility index (Phi) is 7.81. The second-order valence-corrected chi connectivity index (χ2v) is 8.46. The lowest BCUT2D eigenvalue weighted by molar-refractivity contribution is -0.133. The molecule has 1 unspecified atom stereocenters. The number of benzene rings is 2. The Bertz CT molecular complexity index is 1060. The molecule has 0 fully saturated rings. The zero-order valence-electron chi connectivity index (χ0n) is 19.5. The number of hydrazone groups is 1. The molecule has 3 amide bonds. The third-order valence-electron chi connectivity index (χ3n) is 5.28. The normalized spacial score (nSPS) is 15.3. The van der Waals surface area contributed by atoms with Crippen LogP contribution < -0.4 is 14.8 Å². The summed E-state index contributed by atoms with van der Waals surface area (Å²) in [6.45, 7) is 3.58. The molecule has 0 spiro atoms.